The van der Waals surface area contributed by atoms with Crippen LogP contribution in [0.15, 0.2) is 81.0 Å². The third-order valence-corrected chi connectivity index (χ3v) is 9.94. The second-order valence-corrected chi connectivity index (χ2v) is 12.8. The van der Waals surface area contributed by atoms with Gasteiger partial charge in [0.2, 0.25) is 11.8 Å². The van der Waals surface area contributed by atoms with E-state index in [1.807, 2.05) is 12.1 Å². The summed E-state index contributed by atoms with van der Waals surface area (Å²) in [4.78, 5) is 44.6. The Kier molecular flexibility index (Phi) is 6.90. The number of anilines is 1. The molecule has 1 aromatic heterocycles. The maximum absolute atomic E-state index is 14.0. The molecule has 38 heavy (non-hydrogen) atoms. The number of amides is 2. The number of hydrogen-bond donors (Lipinski definition) is 1. The van der Waals surface area contributed by atoms with Gasteiger partial charge in [0.15, 0.2) is 0 Å². The third kappa shape index (κ3) is 4.60. The smallest absolute Gasteiger partial charge is 0.305 e. The number of thiazole rings is 1. The van der Waals surface area contributed by atoms with Gasteiger partial charge in [0.05, 0.1) is 16.6 Å². The molecule has 0 spiro atoms. The minimum atomic E-state index is -0.744. The van der Waals surface area contributed by atoms with Crippen molar-refractivity contribution in [2.45, 2.75) is 22.8 Å². The predicted molar refractivity (Wildman–Crippen MR) is 154 cm³/mol. The van der Waals surface area contributed by atoms with E-state index < -0.39 is 17.1 Å². The Labute approximate surface area is 244 Å². The fourth-order valence-electron chi connectivity index (χ4n) is 4.83. The Hall–Kier alpha value is -2.56. The van der Waals surface area contributed by atoms with Gasteiger partial charge in [-0.3, -0.25) is 14.4 Å². The van der Waals surface area contributed by atoms with E-state index in [0.717, 1.165) is 21.4 Å². The molecular weight excluding hydrogens is 631 g/mol. The molecule has 1 fully saturated rings. The van der Waals surface area contributed by atoms with Crippen molar-refractivity contribution in [1.82, 2.24) is 4.98 Å². The van der Waals surface area contributed by atoms with Gasteiger partial charge in [0, 0.05) is 30.9 Å². The fourth-order valence-corrected chi connectivity index (χ4v) is 7.91. The standard InChI is InChI=1S/C27H17BrCl2N2O4S2/c28-14-3-8-17(9-4-14)32-25(33)21-20(22-24(31-27(35)38-22)37-23(21)26(32)34)18-11-16(30)7-10-19(18)36-12-13-1-5-15(29)6-2-13/h1-11,20-21,23H,12H2,(H,31,35). The lowest BCUT2D eigenvalue weighted by molar-refractivity contribution is -0.122. The number of imide groups is 1. The van der Waals surface area contributed by atoms with Crippen molar-refractivity contribution in [3.8, 4) is 5.75 Å². The van der Waals surface area contributed by atoms with E-state index in [4.69, 9.17) is 27.9 Å². The first kappa shape index (κ1) is 25.7. The summed E-state index contributed by atoms with van der Waals surface area (Å²) in [6.45, 7) is 0.259. The number of aromatic amines is 1. The van der Waals surface area contributed by atoms with Crippen LogP contribution in [0.3, 0.4) is 0 Å². The average molecular weight is 648 g/mol. The molecule has 2 aliphatic heterocycles. The largest absolute Gasteiger partial charge is 0.489 e. The Morgan fingerprint density at radius 1 is 0.921 bits per heavy atom. The van der Waals surface area contributed by atoms with Crippen molar-refractivity contribution in [3.63, 3.8) is 0 Å². The molecule has 3 aromatic carbocycles. The molecule has 1 N–H and O–H groups in total. The molecule has 2 amide bonds. The van der Waals surface area contributed by atoms with Crippen molar-refractivity contribution >= 4 is 79.7 Å². The lowest BCUT2D eigenvalue weighted by Crippen LogP contribution is -2.32. The number of ether oxygens (including phenoxy) is 1. The number of rotatable bonds is 5. The molecule has 0 bridgehead atoms. The Morgan fingerprint density at radius 2 is 1.63 bits per heavy atom. The van der Waals surface area contributed by atoms with Crippen molar-refractivity contribution in [2.24, 2.45) is 5.92 Å². The molecule has 3 unspecified atom stereocenters. The monoisotopic (exact) mass is 646 g/mol. The number of carbonyl (C=O) groups excluding carboxylic acids is 2. The quantitative estimate of drug-likeness (QED) is 0.239. The van der Waals surface area contributed by atoms with Gasteiger partial charge >= 0.3 is 4.87 Å². The van der Waals surface area contributed by atoms with Gasteiger partial charge in [0.25, 0.3) is 0 Å². The fraction of sp³-hybridized carbons (Fsp3) is 0.148. The number of aromatic nitrogens is 1. The molecule has 6 rings (SSSR count). The summed E-state index contributed by atoms with van der Waals surface area (Å²) in [6.07, 6.45) is 0. The Morgan fingerprint density at radius 3 is 2.37 bits per heavy atom. The van der Waals surface area contributed by atoms with Crippen LogP contribution < -0.4 is 14.5 Å². The van der Waals surface area contributed by atoms with Crippen LogP contribution in [-0.2, 0) is 16.2 Å². The highest BCUT2D eigenvalue weighted by molar-refractivity contribution is 9.10. The van der Waals surface area contributed by atoms with E-state index >= 15 is 0 Å². The van der Waals surface area contributed by atoms with Crippen molar-refractivity contribution < 1.29 is 14.3 Å². The number of benzene rings is 3. The van der Waals surface area contributed by atoms with Gasteiger partial charge in [-0.15, -0.1) is 0 Å². The van der Waals surface area contributed by atoms with Crippen LogP contribution in [-0.4, -0.2) is 22.0 Å². The zero-order chi connectivity index (χ0) is 26.6. The van der Waals surface area contributed by atoms with Gasteiger partial charge in [-0.25, -0.2) is 4.90 Å². The van der Waals surface area contributed by atoms with Crippen molar-refractivity contribution in [1.29, 1.82) is 0 Å². The van der Waals surface area contributed by atoms with Gasteiger partial charge in [-0.2, -0.15) is 0 Å². The molecule has 3 heterocycles. The second kappa shape index (κ2) is 10.2. The topological polar surface area (TPSA) is 79.5 Å². The van der Waals surface area contributed by atoms with E-state index in [1.54, 1.807) is 54.6 Å². The van der Waals surface area contributed by atoms with E-state index in [9.17, 15) is 14.4 Å². The highest BCUT2D eigenvalue weighted by Gasteiger charge is 2.56. The van der Waals surface area contributed by atoms with Gasteiger partial charge in [-0.1, -0.05) is 74.4 Å². The zero-order valence-corrected chi connectivity index (χ0v) is 24.1. The van der Waals surface area contributed by atoms with Gasteiger partial charge in [-0.05, 0) is 60.2 Å². The first-order valence-corrected chi connectivity index (χ1v) is 14.7. The van der Waals surface area contributed by atoms with Gasteiger partial charge in [0.1, 0.15) is 17.6 Å². The normalized spacial score (nSPS) is 20.4. The molecule has 3 atom stereocenters. The molecule has 2 aliphatic rings. The second-order valence-electron chi connectivity index (χ2n) is 8.84. The lowest BCUT2D eigenvalue weighted by atomic mass is 9.82. The summed E-state index contributed by atoms with van der Waals surface area (Å²) in [5.74, 6) is -1.47. The lowest BCUT2D eigenvalue weighted by Gasteiger charge is -2.31. The molecule has 0 aliphatic carbocycles. The molecule has 6 nitrogen and oxygen atoms in total. The van der Waals surface area contributed by atoms with Crippen LogP contribution in [0.4, 0.5) is 5.69 Å². The van der Waals surface area contributed by atoms with E-state index in [-0.39, 0.29) is 23.3 Å². The van der Waals surface area contributed by atoms with Crippen LogP contribution in [0.2, 0.25) is 10.0 Å². The zero-order valence-electron chi connectivity index (χ0n) is 19.3. The van der Waals surface area contributed by atoms with Crippen molar-refractivity contribution in [2.75, 3.05) is 4.90 Å². The average Bonchev–Trinajstić information content (AvgIpc) is 3.39. The summed E-state index contributed by atoms with van der Waals surface area (Å²) in [7, 11) is 0. The SMILES string of the molecule is O=C1C2Sc3[nH]c(=O)sc3C(c3cc(Cl)ccc3OCc3ccc(Cl)cc3)C2C(=O)N1c1ccc(Br)cc1. The van der Waals surface area contributed by atoms with Crippen LogP contribution in [0, 0.1) is 5.92 Å². The highest BCUT2D eigenvalue weighted by Crippen LogP contribution is 2.54. The first-order valence-electron chi connectivity index (χ1n) is 11.5. The highest BCUT2D eigenvalue weighted by atomic mass is 79.9. The summed E-state index contributed by atoms with van der Waals surface area (Å²) in [5.41, 5.74) is 2.06. The third-order valence-electron chi connectivity index (χ3n) is 6.52. The number of carbonyl (C=O) groups is 2. The van der Waals surface area contributed by atoms with Crippen LogP contribution in [0.1, 0.15) is 21.9 Å². The van der Waals surface area contributed by atoms with E-state index in [0.29, 0.717) is 36.9 Å². The van der Waals surface area contributed by atoms with Gasteiger partial charge < -0.3 is 9.72 Å². The van der Waals surface area contributed by atoms with Crippen LogP contribution >= 0.6 is 62.2 Å². The number of nitrogens with one attached hydrogen (secondary N) is 1. The minimum absolute atomic E-state index is 0.247. The summed E-state index contributed by atoms with van der Waals surface area (Å²) >= 11 is 18.1. The summed E-state index contributed by atoms with van der Waals surface area (Å²) in [5, 5.41) is 0.964. The summed E-state index contributed by atoms with van der Waals surface area (Å²) in [6, 6.07) is 19.6. The maximum Gasteiger partial charge on any atom is 0.305 e. The molecular formula is C27H17BrCl2N2O4S2. The molecule has 0 saturated carbocycles. The van der Waals surface area contributed by atoms with Crippen LogP contribution in [0.25, 0.3) is 0 Å². The maximum atomic E-state index is 14.0. The Balaban J connectivity index is 1.44. The molecule has 11 heteroatoms. The molecule has 1 saturated heterocycles. The van der Waals surface area contributed by atoms with Crippen LogP contribution in [0.5, 0.6) is 5.75 Å². The minimum Gasteiger partial charge on any atom is -0.489 e. The molecule has 0 radical (unpaired) electrons. The van der Waals surface area contributed by atoms with Crippen molar-refractivity contribution in [3.05, 3.63) is 107 Å². The summed E-state index contributed by atoms with van der Waals surface area (Å²) < 4.78 is 7.06. The number of nitrogens with zero attached hydrogens (tertiary/aromatic N) is 1. The Bertz CT molecular complexity index is 1620. The first-order chi connectivity index (χ1) is 18.3. The number of H-pyrrole nitrogens is 1. The predicted octanol–water partition coefficient (Wildman–Crippen LogP) is 6.88. The molecule has 192 valence electrons. The number of halogens is 3. The number of fused-ring (bicyclic) bond motifs is 2. The van der Waals surface area contributed by atoms with E-state index in [2.05, 4.69) is 20.9 Å². The van der Waals surface area contributed by atoms with E-state index in [1.165, 1.54) is 16.7 Å². The number of thioether (sulfide) groups is 1. The molecule has 4 aromatic rings. The number of hydrogen-bond acceptors (Lipinski definition) is 6.